The van der Waals surface area contributed by atoms with Crippen molar-refractivity contribution in [1.29, 1.82) is 0 Å². The van der Waals surface area contributed by atoms with Crippen molar-refractivity contribution in [2.45, 2.75) is 44.1 Å². The van der Waals surface area contributed by atoms with Gasteiger partial charge in [-0.25, -0.2) is 0 Å². The highest BCUT2D eigenvalue weighted by Gasteiger charge is 2.52. The van der Waals surface area contributed by atoms with E-state index in [-0.39, 0.29) is 11.8 Å². The second-order valence-electron chi connectivity index (χ2n) is 7.29. The Hall–Kier alpha value is -2.04. The van der Waals surface area contributed by atoms with Crippen molar-refractivity contribution in [3.05, 3.63) is 29.3 Å². The highest BCUT2D eigenvalue weighted by Crippen LogP contribution is 2.40. The molecule has 0 saturated carbocycles. The Labute approximate surface area is 143 Å². The molecule has 2 saturated heterocycles. The zero-order valence-corrected chi connectivity index (χ0v) is 14.3. The summed E-state index contributed by atoms with van der Waals surface area (Å²) >= 11 is 0. The largest absolute Gasteiger partial charge is 0.384 e. The molecular formula is C19H25N3O2. The zero-order valence-electron chi connectivity index (χ0n) is 14.3. The molecule has 0 radical (unpaired) electrons. The van der Waals surface area contributed by atoms with Gasteiger partial charge in [0.2, 0.25) is 5.91 Å². The number of hydrogen-bond donors (Lipinski definition) is 1. The molecule has 24 heavy (non-hydrogen) atoms. The fourth-order valence-electron chi connectivity index (χ4n) is 4.66. The van der Waals surface area contributed by atoms with Crippen molar-refractivity contribution in [3.63, 3.8) is 0 Å². The maximum Gasteiger partial charge on any atom is 0.256 e. The molecule has 128 valence electrons. The molecule has 2 fully saturated rings. The summed E-state index contributed by atoms with van der Waals surface area (Å²) in [6, 6.07) is 5.97. The van der Waals surface area contributed by atoms with Gasteiger partial charge in [0.25, 0.3) is 5.91 Å². The number of nitrogens with one attached hydrogen (secondary N) is 1. The van der Waals surface area contributed by atoms with Crippen molar-refractivity contribution in [3.8, 4) is 0 Å². The van der Waals surface area contributed by atoms with Crippen molar-refractivity contribution in [1.82, 2.24) is 9.80 Å². The summed E-state index contributed by atoms with van der Waals surface area (Å²) in [5, 5.41) is 3.40. The molecule has 1 atom stereocenters. The molecule has 5 nitrogen and oxygen atoms in total. The molecule has 1 aromatic rings. The van der Waals surface area contributed by atoms with Gasteiger partial charge in [0.05, 0.1) is 11.3 Å². The number of nitrogens with zero attached hydrogens (tertiary/aromatic N) is 2. The minimum Gasteiger partial charge on any atom is -0.384 e. The Morgan fingerprint density at radius 2 is 1.96 bits per heavy atom. The topological polar surface area (TPSA) is 52.6 Å². The number of aryl methyl sites for hydroxylation is 1. The van der Waals surface area contributed by atoms with Gasteiger partial charge in [0.15, 0.2) is 0 Å². The number of piperidine rings is 1. The van der Waals surface area contributed by atoms with E-state index < -0.39 is 5.54 Å². The van der Waals surface area contributed by atoms with Crippen LogP contribution in [0.1, 0.15) is 48.0 Å². The first-order valence-corrected chi connectivity index (χ1v) is 9.07. The summed E-state index contributed by atoms with van der Waals surface area (Å²) in [5.74, 6) is 0.139. The number of likely N-dealkylation sites (N-methyl/N-ethyl adjacent to an activating group) is 1. The third kappa shape index (κ3) is 2.21. The number of para-hydroxylation sites is 1. The summed E-state index contributed by atoms with van der Waals surface area (Å²) in [6.07, 6.45) is 5.58. The average Bonchev–Trinajstić information content (AvgIpc) is 3.03. The lowest BCUT2D eigenvalue weighted by atomic mass is 9.85. The Morgan fingerprint density at radius 1 is 1.17 bits per heavy atom. The van der Waals surface area contributed by atoms with Crippen LogP contribution < -0.4 is 5.32 Å². The number of benzene rings is 1. The molecule has 4 rings (SSSR count). The van der Waals surface area contributed by atoms with Crippen LogP contribution in [0.15, 0.2) is 18.2 Å². The van der Waals surface area contributed by atoms with Crippen LogP contribution in [-0.4, -0.2) is 53.8 Å². The van der Waals surface area contributed by atoms with E-state index in [9.17, 15) is 9.59 Å². The van der Waals surface area contributed by atoms with E-state index in [1.165, 1.54) is 5.56 Å². The van der Waals surface area contributed by atoms with Gasteiger partial charge in [0, 0.05) is 26.7 Å². The highest BCUT2D eigenvalue weighted by molar-refractivity contribution is 6.04. The van der Waals surface area contributed by atoms with Crippen LogP contribution in [0.5, 0.6) is 0 Å². The third-order valence-corrected chi connectivity index (χ3v) is 5.87. The van der Waals surface area contributed by atoms with Gasteiger partial charge in [-0.05, 0) is 50.2 Å². The molecule has 2 amide bonds. The van der Waals surface area contributed by atoms with Gasteiger partial charge >= 0.3 is 0 Å². The van der Waals surface area contributed by atoms with E-state index in [1.807, 2.05) is 24.1 Å². The highest BCUT2D eigenvalue weighted by atomic mass is 16.2. The minimum atomic E-state index is -0.610. The average molecular weight is 327 g/mol. The van der Waals surface area contributed by atoms with Crippen LogP contribution in [0.3, 0.4) is 0 Å². The Balaban J connectivity index is 1.71. The van der Waals surface area contributed by atoms with Crippen LogP contribution in [0, 0.1) is 0 Å². The van der Waals surface area contributed by atoms with Gasteiger partial charge in [-0.2, -0.15) is 0 Å². The van der Waals surface area contributed by atoms with Crippen molar-refractivity contribution >= 4 is 17.5 Å². The fourth-order valence-corrected chi connectivity index (χ4v) is 4.66. The van der Waals surface area contributed by atoms with E-state index in [2.05, 4.69) is 11.4 Å². The number of anilines is 1. The summed E-state index contributed by atoms with van der Waals surface area (Å²) < 4.78 is 0. The van der Waals surface area contributed by atoms with E-state index >= 15 is 0 Å². The number of fused-ring (bicyclic) bond motifs is 1. The van der Waals surface area contributed by atoms with Crippen molar-refractivity contribution in [2.24, 2.45) is 0 Å². The fraction of sp³-hybridized carbons (Fsp3) is 0.579. The zero-order chi connectivity index (χ0) is 16.7. The molecule has 3 heterocycles. The van der Waals surface area contributed by atoms with E-state index in [4.69, 9.17) is 0 Å². The van der Waals surface area contributed by atoms with E-state index in [0.29, 0.717) is 6.54 Å². The molecule has 3 aliphatic heterocycles. The van der Waals surface area contributed by atoms with Gasteiger partial charge in [0.1, 0.15) is 5.54 Å². The van der Waals surface area contributed by atoms with Crippen LogP contribution in [0.25, 0.3) is 0 Å². The molecule has 3 aliphatic rings. The molecule has 1 spiro atoms. The maximum absolute atomic E-state index is 13.4. The summed E-state index contributed by atoms with van der Waals surface area (Å²) in [4.78, 5) is 29.9. The standard InChI is InChI=1S/C19H25N3O2/c1-21-12-4-9-19(18(21)24)10-5-13-22(19)17(23)15-8-2-6-14-7-3-11-20-16(14)15/h2,6,8,20H,3-5,7,9-13H2,1H3. The van der Waals surface area contributed by atoms with Crippen LogP contribution >= 0.6 is 0 Å². The quantitative estimate of drug-likeness (QED) is 0.861. The molecule has 0 aromatic heterocycles. The van der Waals surface area contributed by atoms with E-state index in [0.717, 1.165) is 62.9 Å². The molecule has 1 N–H and O–H groups in total. The van der Waals surface area contributed by atoms with Crippen molar-refractivity contribution in [2.75, 3.05) is 32.0 Å². The smallest absolute Gasteiger partial charge is 0.256 e. The first kappa shape index (κ1) is 15.5. The Bertz CT molecular complexity index is 687. The van der Waals surface area contributed by atoms with Crippen LogP contribution in [0.2, 0.25) is 0 Å². The second-order valence-corrected chi connectivity index (χ2v) is 7.29. The lowest BCUT2D eigenvalue weighted by Gasteiger charge is -2.43. The Kier molecular flexibility index (Phi) is 3.74. The van der Waals surface area contributed by atoms with Gasteiger partial charge in [-0.1, -0.05) is 12.1 Å². The van der Waals surface area contributed by atoms with E-state index in [1.54, 1.807) is 4.90 Å². The molecule has 0 bridgehead atoms. The van der Waals surface area contributed by atoms with Gasteiger partial charge in [-0.15, -0.1) is 0 Å². The number of rotatable bonds is 1. The number of amides is 2. The third-order valence-electron chi connectivity index (χ3n) is 5.87. The Morgan fingerprint density at radius 3 is 2.79 bits per heavy atom. The second kappa shape index (κ2) is 5.80. The predicted octanol–water partition coefficient (Wildman–Crippen LogP) is 2.27. The monoisotopic (exact) mass is 327 g/mol. The van der Waals surface area contributed by atoms with Crippen LogP contribution in [-0.2, 0) is 11.2 Å². The maximum atomic E-state index is 13.4. The molecule has 1 aromatic carbocycles. The summed E-state index contributed by atoms with van der Waals surface area (Å²) in [7, 11) is 1.86. The van der Waals surface area contributed by atoms with Crippen LogP contribution in [0.4, 0.5) is 5.69 Å². The number of hydrogen-bond acceptors (Lipinski definition) is 3. The van der Waals surface area contributed by atoms with Gasteiger partial charge < -0.3 is 15.1 Å². The SMILES string of the molecule is CN1CCCC2(CCCN2C(=O)c2cccc3c2NCCC3)C1=O. The molecular weight excluding hydrogens is 302 g/mol. The molecule has 1 unspecified atom stereocenters. The molecule has 0 aliphatic carbocycles. The van der Waals surface area contributed by atoms with Crippen molar-refractivity contribution < 1.29 is 9.59 Å². The molecule has 5 heteroatoms. The number of likely N-dealkylation sites (tertiary alicyclic amines) is 2. The number of carbonyl (C=O) groups is 2. The number of carbonyl (C=O) groups excluding carboxylic acids is 2. The normalized spacial score (nSPS) is 26.5. The summed E-state index contributed by atoms with van der Waals surface area (Å²) in [6.45, 7) is 2.39. The first-order valence-electron chi connectivity index (χ1n) is 9.07. The minimum absolute atomic E-state index is 0.0161. The summed E-state index contributed by atoms with van der Waals surface area (Å²) in [5.41, 5.74) is 2.32. The predicted molar refractivity (Wildman–Crippen MR) is 93.1 cm³/mol. The lowest BCUT2D eigenvalue weighted by Crippen LogP contribution is -2.60. The lowest BCUT2D eigenvalue weighted by molar-refractivity contribution is -0.144. The van der Waals surface area contributed by atoms with Gasteiger partial charge in [-0.3, -0.25) is 9.59 Å². The first-order chi connectivity index (χ1) is 11.6.